The molecule has 10 nitrogen and oxygen atoms in total. The van der Waals surface area contributed by atoms with E-state index in [2.05, 4.69) is 4.98 Å². The molecule has 1 N–H and O–H groups in total. The van der Waals surface area contributed by atoms with Crippen molar-refractivity contribution in [1.29, 1.82) is 0 Å². The topological polar surface area (TPSA) is 136 Å². The van der Waals surface area contributed by atoms with Gasteiger partial charge in [0.05, 0.1) is 40.2 Å². The molecule has 0 unspecified atom stereocenters. The number of halogens is 3. The van der Waals surface area contributed by atoms with Gasteiger partial charge >= 0.3 is 12.0 Å². The molecule has 2 aliphatic heterocycles. The number of Topliss-reactive ketones (excluding diaryl/α,β-unsaturated/α-hetero) is 1. The highest BCUT2D eigenvalue weighted by Crippen LogP contribution is 2.51. The van der Waals surface area contributed by atoms with Crippen LogP contribution in [-0.4, -0.2) is 61.2 Å². The summed E-state index contributed by atoms with van der Waals surface area (Å²) in [4.78, 5) is 55.2. The van der Waals surface area contributed by atoms with Crippen molar-refractivity contribution >= 4 is 45.2 Å². The van der Waals surface area contributed by atoms with Crippen LogP contribution in [0.3, 0.4) is 0 Å². The summed E-state index contributed by atoms with van der Waals surface area (Å²) < 4.78 is 40.4. The minimum absolute atomic E-state index is 0.00331. The van der Waals surface area contributed by atoms with Crippen LogP contribution in [0.4, 0.5) is 13.2 Å². The summed E-state index contributed by atoms with van der Waals surface area (Å²) in [6, 6.07) is 2.16. The largest absolute Gasteiger partial charge is 0.543 e. The van der Waals surface area contributed by atoms with Gasteiger partial charge in [0.25, 0.3) is 0 Å². The lowest BCUT2D eigenvalue weighted by Gasteiger charge is -2.47. The van der Waals surface area contributed by atoms with Gasteiger partial charge in [-0.15, -0.1) is 11.3 Å². The van der Waals surface area contributed by atoms with Crippen LogP contribution in [0, 0.1) is 11.8 Å². The SMILES string of the molecule is C[C@@H](O)[C@H]1C(=O)N2C(C(=O)[O-])=C(c3cn4cnc(C(=O)c5ccc[n+](CC(=O)C(F)(F)F)c5)c4s3)[C@H](C)[C@H]12. The molecule has 3 aromatic heterocycles. The van der Waals surface area contributed by atoms with Crippen LogP contribution < -0.4 is 9.67 Å². The average Bonchev–Trinajstić information content (AvgIpc) is 3.47. The molecule has 5 rings (SSSR count). The van der Waals surface area contributed by atoms with Gasteiger partial charge in [0.1, 0.15) is 16.9 Å². The number of aliphatic hydroxyl groups is 1. The number of ketones is 2. The molecule has 0 aliphatic carbocycles. The van der Waals surface area contributed by atoms with Crippen molar-refractivity contribution in [2.24, 2.45) is 11.8 Å². The lowest BCUT2D eigenvalue weighted by Crippen LogP contribution is -2.64. The molecular formula is C24H19F3N4O6S. The number of carboxylic acid groups (broad SMARTS) is 1. The lowest BCUT2D eigenvalue weighted by molar-refractivity contribution is -0.685. The van der Waals surface area contributed by atoms with E-state index in [0.29, 0.717) is 15.3 Å². The average molecular weight is 548 g/mol. The number of alkyl halides is 3. The zero-order valence-corrected chi connectivity index (χ0v) is 20.6. The standard InChI is InChI=1S/C24H19F3N4O6S/c1-10-15(19(23(36)37)31-18(10)16(11(2)32)21(31)35)13-7-30-9-28-17(22(30)38-13)20(34)12-4-3-5-29(6-12)8-14(33)24(25,26)27/h3-7,9-11,16,18,32H,8H2,1-2H3/t10-,11+,16+,18+/m0/s1. The summed E-state index contributed by atoms with van der Waals surface area (Å²) in [6.07, 6.45) is -0.727. The van der Waals surface area contributed by atoms with Crippen LogP contribution in [0.15, 0.2) is 42.7 Å². The highest BCUT2D eigenvalue weighted by molar-refractivity contribution is 7.18. The Balaban J connectivity index is 1.50. The zero-order valence-electron chi connectivity index (χ0n) is 19.8. The molecular weight excluding hydrogens is 529 g/mol. The Kier molecular flexibility index (Phi) is 5.98. The molecule has 5 heterocycles. The number of imidazole rings is 1. The molecule has 0 radical (unpaired) electrons. The van der Waals surface area contributed by atoms with E-state index in [1.54, 1.807) is 13.1 Å². The summed E-state index contributed by atoms with van der Waals surface area (Å²) in [5.41, 5.74) is 0.0232. The van der Waals surface area contributed by atoms with E-state index >= 15 is 0 Å². The number of amides is 1. The molecule has 198 valence electrons. The summed E-state index contributed by atoms with van der Waals surface area (Å²) in [5.74, 6) is -5.83. The Morgan fingerprint density at radius 1 is 1.32 bits per heavy atom. The van der Waals surface area contributed by atoms with Crippen molar-refractivity contribution in [2.75, 3.05) is 0 Å². The minimum atomic E-state index is -5.01. The van der Waals surface area contributed by atoms with Crippen LogP contribution in [0.1, 0.15) is 34.8 Å². The first-order valence-electron chi connectivity index (χ1n) is 11.4. The number of β-lactam (4-membered cyclic amide) rings is 1. The maximum absolute atomic E-state index is 13.2. The van der Waals surface area contributed by atoms with Gasteiger partial charge in [0.15, 0.2) is 12.4 Å². The number of hydrogen-bond donors (Lipinski definition) is 1. The van der Waals surface area contributed by atoms with Crippen LogP contribution in [-0.2, 0) is 20.9 Å². The smallest absolute Gasteiger partial charge is 0.456 e. The number of nitrogens with zero attached hydrogens (tertiary/aromatic N) is 4. The number of fused-ring (bicyclic) bond motifs is 2. The number of aliphatic hydroxyl groups excluding tert-OH is 1. The van der Waals surface area contributed by atoms with Crippen molar-refractivity contribution in [3.8, 4) is 0 Å². The van der Waals surface area contributed by atoms with Crippen molar-refractivity contribution in [1.82, 2.24) is 14.3 Å². The quantitative estimate of drug-likeness (QED) is 0.256. The fraction of sp³-hybridized carbons (Fsp3) is 0.333. The van der Waals surface area contributed by atoms with E-state index in [-0.39, 0.29) is 17.0 Å². The number of hydrogen-bond acceptors (Lipinski definition) is 8. The predicted molar refractivity (Wildman–Crippen MR) is 121 cm³/mol. The van der Waals surface area contributed by atoms with Gasteiger partial charge in [-0.2, -0.15) is 17.7 Å². The Morgan fingerprint density at radius 2 is 2.03 bits per heavy atom. The number of carbonyl (C=O) groups excluding carboxylic acids is 4. The van der Waals surface area contributed by atoms with Crippen LogP contribution in [0.2, 0.25) is 0 Å². The van der Waals surface area contributed by atoms with Crippen molar-refractivity contribution in [3.63, 3.8) is 0 Å². The number of aromatic nitrogens is 3. The fourth-order valence-electron chi connectivity index (χ4n) is 5.11. The molecule has 1 saturated heterocycles. The monoisotopic (exact) mass is 548 g/mol. The third kappa shape index (κ3) is 3.91. The molecule has 0 spiro atoms. The van der Waals surface area contributed by atoms with E-state index in [0.717, 1.165) is 27.0 Å². The minimum Gasteiger partial charge on any atom is -0.543 e. The van der Waals surface area contributed by atoms with Gasteiger partial charge in [-0.1, -0.05) is 6.92 Å². The van der Waals surface area contributed by atoms with Crippen molar-refractivity contribution in [2.45, 2.75) is 38.7 Å². The lowest BCUT2D eigenvalue weighted by atomic mass is 9.77. The molecule has 3 aromatic rings. The summed E-state index contributed by atoms with van der Waals surface area (Å²) in [5, 5.41) is 22.1. The van der Waals surface area contributed by atoms with Gasteiger partial charge in [0.2, 0.25) is 18.2 Å². The number of rotatable bonds is 7. The summed E-state index contributed by atoms with van der Waals surface area (Å²) in [6.45, 7) is 2.22. The molecule has 1 amide bonds. The van der Waals surface area contributed by atoms with Gasteiger partial charge in [-0.25, -0.2) is 4.98 Å². The molecule has 0 aromatic carbocycles. The third-order valence-electron chi connectivity index (χ3n) is 6.82. The van der Waals surface area contributed by atoms with Gasteiger partial charge < -0.3 is 19.9 Å². The zero-order chi connectivity index (χ0) is 27.7. The third-order valence-corrected chi connectivity index (χ3v) is 7.96. The van der Waals surface area contributed by atoms with Crippen LogP contribution >= 0.6 is 11.3 Å². The number of carbonyl (C=O) groups is 4. The predicted octanol–water partition coefficient (Wildman–Crippen LogP) is 0.364. The highest BCUT2D eigenvalue weighted by atomic mass is 32.1. The molecule has 14 heteroatoms. The van der Waals surface area contributed by atoms with Gasteiger partial charge in [0, 0.05) is 23.8 Å². The van der Waals surface area contributed by atoms with Crippen molar-refractivity contribution < 1.29 is 47.1 Å². The number of pyridine rings is 1. The van der Waals surface area contributed by atoms with Crippen molar-refractivity contribution in [3.05, 3.63) is 58.9 Å². The summed E-state index contributed by atoms with van der Waals surface area (Å²) in [7, 11) is 0. The molecule has 0 bridgehead atoms. The molecule has 0 saturated carbocycles. The van der Waals surface area contributed by atoms with E-state index in [1.807, 2.05) is 0 Å². The highest BCUT2D eigenvalue weighted by Gasteiger charge is 2.59. The second-order valence-electron chi connectivity index (χ2n) is 9.22. The first-order chi connectivity index (χ1) is 17.8. The first kappa shape index (κ1) is 25.7. The van der Waals surface area contributed by atoms with E-state index < -0.39 is 60.1 Å². The molecule has 2 aliphatic rings. The first-order valence-corrected chi connectivity index (χ1v) is 12.2. The van der Waals surface area contributed by atoms with Gasteiger partial charge in [-0.05, 0) is 13.0 Å². The molecule has 1 fully saturated rings. The fourth-order valence-corrected chi connectivity index (χ4v) is 6.32. The summed E-state index contributed by atoms with van der Waals surface area (Å²) >= 11 is 1.06. The Bertz CT molecular complexity index is 1560. The Morgan fingerprint density at radius 3 is 2.66 bits per heavy atom. The molecule has 4 atom stereocenters. The number of carboxylic acids is 1. The van der Waals surface area contributed by atoms with E-state index in [4.69, 9.17) is 0 Å². The van der Waals surface area contributed by atoms with E-state index in [9.17, 15) is 42.6 Å². The number of thiazole rings is 1. The van der Waals surface area contributed by atoms with E-state index in [1.165, 1.54) is 36.0 Å². The second-order valence-corrected chi connectivity index (χ2v) is 10.3. The van der Waals surface area contributed by atoms with Gasteiger partial charge in [-0.3, -0.25) is 18.8 Å². The maximum Gasteiger partial charge on any atom is 0.456 e. The number of aliphatic carboxylic acids is 1. The second kappa shape index (κ2) is 8.84. The Hall–Kier alpha value is -3.91. The maximum atomic E-state index is 13.2. The molecule has 38 heavy (non-hydrogen) atoms. The normalized spacial score (nSPS) is 22.0. The Labute approximate surface area is 216 Å². The van der Waals surface area contributed by atoms with Crippen LogP contribution in [0.5, 0.6) is 0 Å². The van der Waals surface area contributed by atoms with Crippen LogP contribution in [0.25, 0.3) is 10.4 Å².